The van der Waals surface area contributed by atoms with Gasteiger partial charge in [0.15, 0.2) is 0 Å². The molecule has 0 amide bonds. The van der Waals surface area contributed by atoms with E-state index in [1.165, 1.54) is 0 Å². The summed E-state index contributed by atoms with van der Waals surface area (Å²) in [5.74, 6) is 0. The molecule has 0 N–H and O–H groups in total. The summed E-state index contributed by atoms with van der Waals surface area (Å²) in [4.78, 5) is 0. The molecule has 1 nitrogen and oxygen atoms in total. The molecule has 0 aromatic heterocycles. The normalized spacial score (nSPS) is 0.800. The largest absolute Gasteiger partial charge is 2.00 e. The first kappa shape index (κ1) is 32.8. The van der Waals surface area contributed by atoms with Crippen molar-refractivity contribution in [1.82, 2.24) is 0 Å². The van der Waals surface area contributed by atoms with E-state index >= 15 is 0 Å². The number of halogens is 2. The summed E-state index contributed by atoms with van der Waals surface area (Å²) in [5, 5.41) is 0. The molecular formula is H2Cl2MgOSi. The van der Waals surface area contributed by atoms with Gasteiger partial charge in [-0.3, -0.25) is 0 Å². The fourth-order valence-electron chi connectivity index (χ4n) is 0. The molecular weight excluding hydrogens is 139 g/mol. The summed E-state index contributed by atoms with van der Waals surface area (Å²) in [5.41, 5.74) is 0. The third-order valence-electron chi connectivity index (χ3n) is 0. The van der Waals surface area contributed by atoms with Gasteiger partial charge in [-0.2, -0.15) is 0 Å². The molecule has 0 rings (SSSR count). The van der Waals surface area contributed by atoms with Crippen molar-refractivity contribution < 1.29 is 29.3 Å². The summed E-state index contributed by atoms with van der Waals surface area (Å²) in [7, 11) is 0.611. The summed E-state index contributed by atoms with van der Waals surface area (Å²) >= 11 is 0. The van der Waals surface area contributed by atoms with Gasteiger partial charge in [-0.1, -0.05) is 0 Å². The van der Waals surface area contributed by atoms with Crippen molar-refractivity contribution in [2.24, 2.45) is 0 Å². The molecule has 28 valence electrons. The van der Waals surface area contributed by atoms with E-state index in [0.717, 1.165) is 0 Å². The Kier molecular flexibility index (Phi) is 360. The van der Waals surface area contributed by atoms with E-state index in [4.69, 9.17) is 4.46 Å². The maximum atomic E-state index is 8.28. The fourth-order valence-corrected chi connectivity index (χ4v) is 0. The standard InChI is InChI=1S/2ClH.Mg.H2OSi/c;;;1-2/h2*1H;;2H2/q;;+2;/p-2. The molecule has 0 saturated heterocycles. The summed E-state index contributed by atoms with van der Waals surface area (Å²) in [6.07, 6.45) is 0. The summed E-state index contributed by atoms with van der Waals surface area (Å²) in [6.45, 7) is 0. The van der Waals surface area contributed by atoms with Gasteiger partial charge in [0.25, 0.3) is 0 Å². The number of hydrogen-bond acceptors (Lipinski definition) is 1. The predicted molar refractivity (Wildman–Crippen MR) is 15.0 cm³/mol. The molecule has 0 unspecified atom stereocenters. The van der Waals surface area contributed by atoms with E-state index in [1.54, 1.807) is 0 Å². The van der Waals surface area contributed by atoms with Crippen LogP contribution in [0.3, 0.4) is 0 Å². The third-order valence-corrected chi connectivity index (χ3v) is 0. The molecule has 0 radical (unpaired) electrons. The zero-order chi connectivity index (χ0) is 2.00. The second-order valence-electron chi connectivity index (χ2n) is 0. The zero-order valence-electron chi connectivity index (χ0n) is 2.58. The molecule has 0 aromatic rings. The molecule has 0 fully saturated rings. The molecule has 0 aliphatic heterocycles. The predicted octanol–water partition coefficient (Wildman–Crippen LogP) is -7.41. The molecule has 0 aromatic carbocycles. The van der Waals surface area contributed by atoms with Gasteiger partial charge >= 0.3 is 23.1 Å². The third kappa shape index (κ3) is 32.6. The quantitative estimate of drug-likeness (QED) is 0.306. The first-order chi connectivity index (χ1) is 1.00. The second-order valence-corrected chi connectivity index (χ2v) is 0. The number of rotatable bonds is 0. The molecule has 5 heteroatoms. The zero-order valence-corrected chi connectivity index (χ0v) is 6.92. The maximum Gasteiger partial charge on any atom is 2.00 e. The van der Waals surface area contributed by atoms with E-state index in [1.807, 2.05) is 0 Å². The van der Waals surface area contributed by atoms with Crippen LogP contribution in [0.25, 0.3) is 0 Å². The molecule has 0 aliphatic rings. The molecule has 5 heavy (non-hydrogen) atoms. The van der Waals surface area contributed by atoms with Crippen LogP contribution >= 0.6 is 0 Å². The SMILES string of the molecule is O=[SiH2].[Cl-].[Cl-].[Mg+2]. The van der Waals surface area contributed by atoms with Crippen LogP contribution < -0.4 is 24.8 Å². The minimum absolute atomic E-state index is 0. The van der Waals surface area contributed by atoms with Gasteiger partial charge < -0.3 is 29.3 Å². The van der Waals surface area contributed by atoms with Crippen LogP contribution in [0.4, 0.5) is 0 Å². The van der Waals surface area contributed by atoms with E-state index < -0.39 is 0 Å². The van der Waals surface area contributed by atoms with Crippen molar-refractivity contribution in [3.8, 4) is 0 Å². The van der Waals surface area contributed by atoms with Gasteiger partial charge in [-0.15, -0.1) is 0 Å². The van der Waals surface area contributed by atoms with Crippen molar-refractivity contribution in [2.45, 2.75) is 0 Å². The van der Waals surface area contributed by atoms with E-state index in [2.05, 4.69) is 0 Å². The van der Waals surface area contributed by atoms with Crippen LogP contribution in [0.5, 0.6) is 0 Å². The summed E-state index contributed by atoms with van der Waals surface area (Å²) < 4.78 is 8.28. The van der Waals surface area contributed by atoms with Gasteiger partial charge in [0.1, 0.15) is 0 Å². The van der Waals surface area contributed by atoms with Gasteiger partial charge in [-0.25, -0.2) is 0 Å². The van der Waals surface area contributed by atoms with E-state index in [9.17, 15) is 0 Å². The van der Waals surface area contributed by atoms with Crippen LogP contribution in [0, 0.1) is 0 Å². The first-order valence-electron chi connectivity index (χ1n) is 0.289. The second kappa shape index (κ2) is 54.9. The topological polar surface area (TPSA) is 17.1 Å². The minimum atomic E-state index is 0. The van der Waals surface area contributed by atoms with Crippen molar-refractivity contribution in [1.29, 1.82) is 0 Å². The van der Waals surface area contributed by atoms with Crippen molar-refractivity contribution >= 4 is 33.2 Å². The van der Waals surface area contributed by atoms with Crippen LogP contribution in [-0.4, -0.2) is 33.2 Å². The van der Waals surface area contributed by atoms with Gasteiger partial charge in [-0.05, 0) is 0 Å². The summed E-state index contributed by atoms with van der Waals surface area (Å²) in [6, 6.07) is 0. The fraction of sp³-hybridized carbons (Fsp3) is 0. The van der Waals surface area contributed by atoms with Gasteiger partial charge in [0, 0.05) is 0 Å². The Morgan fingerprint density at radius 1 is 1.00 bits per heavy atom. The first-order valence-corrected chi connectivity index (χ1v) is 0.866. The average molecular weight is 141 g/mol. The van der Waals surface area contributed by atoms with Crippen LogP contribution in [0.15, 0.2) is 0 Å². The smallest absolute Gasteiger partial charge is 1.00 e. The molecule has 0 aliphatic carbocycles. The Hall–Kier alpha value is 1.36. The monoisotopic (exact) mass is 140 g/mol. The average Bonchev–Trinajstić information content (AvgIpc) is 1.00. The maximum absolute atomic E-state index is 8.28. The number of hydrogen-bond donors (Lipinski definition) is 0. The molecule has 0 atom stereocenters. The van der Waals surface area contributed by atoms with E-state index in [0.29, 0.717) is 10.1 Å². The van der Waals surface area contributed by atoms with E-state index in [-0.39, 0.29) is 47.9 Å². The van der Waals surface area contributed by atoms with Gasteiger partial charge in [0.2, 0.25) is 10.1 Å². The van der Waals surface area contributed by atoms with Crippen LogP contribution in [0.2, 0.25) is 0 Å². The Morgan fingerprint density at radius 2 is 1.00 bits per heavy atom. The minimum Gasteiger partial charge on any atom is -1.00 e. The van der Waals surface area contributed by atoms with Crippen molar-refractivity contribution in [3.63, 3.8) is 0 Å². The Morgan fingerprint density at radius 3 is 1.00 bits per heavy atom. The van der Waals surface area contributed by atoms with Crippen LogP contribution in [-0.2, 0) is 4.46 Å². The van der Waals surface area contributed by atoms with Crippen LogP contribution in [0.1, 0.15) is 0 Å². The molecule has 0 spiro atoms. The van der Waals surface area contributed by atoms with Gasteiger partial charge in [0.05, 0.1) is 0 Å². The van der Waals surface area contributed by atoms with Crippen molar-refractivity contribution in [2.75, 3.05) is 0 Å². The van der Waals surface area contributed by atoms with Crippen molar-refractivity contribution in [3.05, 3.63) is 0 Å². The molecule has 0 heterocycles. The molecule has 0 saturated carbocycles. The molecule has 0 bridgehead atoms. The Bertz CT molecular complexity index is 9.61. The Balaban J connectivity index is -0.00000000167. The Labute approximate surface area is 62.3 Å².